The third kappa shape index (κ3) is 4.60. The number of rotatable bonds is 6. The van der Waals surface area contributed by atoms with Crippen molar-refractivity contribution >= 4 is 15.5 Å². The molecule has 0 bridgehead atoms. The first-order valence-corrected chi connectivity index (χ1v) is 10.3. The standard InChI is InChI=1S/C19H24N2O3S/c1-25(23,24)19-9-5-4-8-18(19)20-12-17(22)14-21-11-10-15-6-2-3-7-16(15)13-21/h2-9,17,20,22H,10-14H2,1H3. The Morgan fingerprint density at radius 3 is 2.56 bits per heavy atom. The number of para-hydroxylation sites is 1. The van der Waals surface area contributed by atoms with Gasteiger partial charge in [0.2, 0.25) is 0 Å². The van der Waals surface area contributed by atoms with Crippen LogP contribution in [0.4, 0.5) is 5.69 Å². The molecule has 0 saturated carbocycles. The maximum absolute atomic E-state index is 11.8. The quantitative estimate of drug-likeness (QED) is 0.824. The summed E-state index contributed by atoms with van der Waals surface area (Å²) in [6, 6.07) is 15.2. The maximum Gasteiger partial charge on any atom is 0.177 e. The molecule has 0 fully saturated rings. The number of benzene rings is 2. The summed E-state index contributed by atoms with van der Waals surface area (Å²) in [6.07, 6.45) is 1.61. The van der Waals surface area contributed by atoms with Gasteiger partial charge in [-0.05, 0) is 29.7 Å². The van der Waals surface area contributed by atoms with Crippen LogP contribution in [0.5, 0.6) is 0 Å². The van der Waals surface area contributed by atoms with Gasteiger partial charge in [-0.15, -0.1) is 0 Å². The van der Waals surface area contributed by atoms with E-state index in [1.165, 1.54) is 17.4 Å². The summed E-state index contributed by atoms with van der Waals surface area (Å²) in [5.41, 5.74) is 3.23. The molecule has 0 aliphatic carbocycles. The van der Waals surface area contributed by atoms with Crippen LogP contribution in [0.1, 0.15) is 11.1 Å². The van der Waals surface area contributed by atoms with Crippen LogP contribution in [-0.4, -0.2) is 50.4 Å². The number of hydrogen-bond acceptors (Lipinski definition) is 5. The minimum atomic E-state index is -3.30. The van der Waals surface area contributed by atoms with Crippen molar-refractivity contribution in [3.63, 3.8) is 0 Å². The molecule has 1 unspecified atom stereocenters. The van der Waals surface area contributed by atoms with Crippen LogP contribution in [0.25, 0.3) is 0 Å². The zero-order chi connectivity index (χ0) is 17.9. The van der Waals surface area contributed by atoms with E-state index in [1.54, 1.807) is 24.3 Å². The molecular weight excluding hydrogens is 336 g/mol. The Morgan fingerprint density at radius 1 is 1.12 bits per heavy atom. The third-order valence-corrected chi connectivity index (χ3v) is 5.65. The maximum atomic E-state index is 11.8. The molecule has 25 heavy (non-hydrogen) atoms. The lowest BCUT2D eigenvalue weighted by molar-refractivity contribution is 0.114. The summed E-state index contributed by atoms with van der Waals surface area (Å²) in [6.45, 7) is 2.63. The molecule has 1 atom stereocenters. The average molecular weight is 360 g/mol. The predicted molar refractivity (Wildman–Crippen MR) is 99.5 cm³/mol. The number of aliphatic hydroxyl groups is 1. The zero-order valence-corrected chi connectivity index (χ0v) is 15.2. The van der Waals surface area contributed by atoms with Gasteiger partial charge in [0, 0.05) is 32.4 Å². The number of fused-ring (bicyclic) bond motifs is 1. The molecular formula is C19H24N2O3S. The fourth-order valence-corrected chi connectivity index (χ4v) is 4.10. The molecule has 0 aromatic heterocycles. The second-order valence-corrected chi connectivity index (χ2v) is 8.54. The Kier molecular flexibility index (Phi) is 5.42. The summed E-state index contributed by atoms with van der Waals surface area (Å²) in [5.74, 6) is 0. The molecule has 2 aromatic carbocycles. The number of β-amino-alcohol motifs (C(OH)–C–C–N with tert-alkyl or cyclic N) is 1. The highest BCUT2D eigenvalue weighted by Crippen LogP contribution is 2.21. The summed E-state index contributed by atoms with van der Waals surface area (Å²) in [7, 11) is -3.30. The Balaban J connectivity index is 1.57. The third-order valence-electron chi connectivity index (χ3n) is 4.49. The molecule has 5 nitrogen and oxygen atoms in total. The van der Waals surface area contributed by atoms with Gasteiger partial charge in [-0.1, -0.05) is 36.4 Å². The molecule has 0 spiro atoms. The summed E-state index contributed by atoms with van der Waals surface area (Å²) >= 11 is 0. The van der Waals surface area contributed by atoms with E-state index in [0.717, 1.165) is 19.5 Å². The lowest BCUT2D eigenvalue weighted by Gasteiger charge is -2.30. The van der Waals surface area contributed by atoms with Gasteiger partial charge in [0.25, 0.3) is 0 Å². The van der Waals surface area contributed by atoms with Crippen molar-refractivity contribution in [2.75, 3.05) is 31.2 Å². The van der Waals surface area contributed by atoms with E-state index in [1.807, 2.05) is 6.07 Å². The van der Waals surface area contributed by atoms with E-state index < -0.39 is 15.9 Å². The van der Waals surface area contributed by atoms with Crippen molar-refractivity contribution in [2.45, 2.75) is 24.0 Å². The van der Waals surface area contributed by atoms with Crippen molar-refractivity contribution in [2.24, 2.45) is 0 Å². The van der Waals surface area contributed by atoms with E-state index in [4.69, 9.17) is 0 Å². The van der Waals surface area contributed by atoms with Crippen LogP contribution < -0.4 is 5.32 Å². The van der Waals surface area contributed by atoms with Gasteiger partial charge in [-0.25, -0.2) is 8.42 Å². The molecule has 1 aliphatic heterocycles. The molecule has 134 valence electrons. The number of aliphatic hydroxyl groups excluding tert-OH is 1. The average Bonchev–Trinajstić information content (AvgIpc) is 2.59. The topological polar surface area (TPSA) is 69.6 Å². The van der Waals surface area contributed by atoms with E-state index >= 15 is 0 Å². The minimum Gasteiger partial charge on any atom is -0.390 e. The Morgan fingerprint density at radius 2 is 1.80 bits per heavy atom. The van der Waals surface area contributed by atoms with Crippen LogP contribution in [0.3, 0.4) is 0 Å². The second kappa shape index (κ2) is 7.56. The molecule has 6 heteroatoms. The molecule has 0 radical (unpaired) electrons. The van der Waals surface area contributed by atoms with Crippen molar-refractivity contribution in [3.05, 3.63) is 59.7 Å². The van der Waals surface area contributed by atoms with E-state index in [-0.39, 0.29) is 4.90 Å². The Labute approximate surface area is 149 Å². The summed E-state index contributed by atoms with van der Waals surface area (Å²) in [4.78, 5) is 2.49. The van der Waals surface area contributed by atoms with E-state index in [9.17, 15) is 13.5 Å². The molecule has 2 N–H and O–H groups in total. The fraction of sp³-hybridized carbons (Fsp3) is 0.368. The first-order chi connectivity index (χ1) is 11.9. The Bertz CT molecular complexity index is 836. The minimum absolute atomic E-state index is 0.258. The van der Waals surface area contributed by atoms with Gasteiger partial charge in [0.15, 0.2) is 9.84 Å². The molecule has 3 rings (SSSR count). The molecule has 0 saturated heterocycles. The smallest absolute Gasteiger partial charge is 0.177 e. The van der Waals surface area contributed by atoms with Crippen molar-refractivity contribution < 1.29 is 13.5 Å². The first-order valence-electron chi connectivity index (χ1n) is 8.43. The highest BCUT2D eigenvalue weighted by Gasteiger charge is 2.19. The van der Waals surface area contributed by atoms with E-state index in [0.29, 0.717) is 18.8 Å². The van der Waals surface area contributed by atoms with Crippen LogP contribution in [0.15, 0.2) is 53.4 Å². The first kappa shape index (κ1) is 17.9. The van der Waals surface area contributed by atoms with Crippen molar-refractivity contribution in [3.8, 4) is 0 Å². The van der Waals surface area contributed by atoms with Crippen molar-refractivity contribution in [1.29, 1.82) is 0 Å². The predicted octanol–water partition coefficient (Wildman–Crippen LogP) is 1.92. The molecule has 0 amide bonds. The molecule has 2 aromatic rings. The van der Waals surface area contributed by atoms with Gasteiger partial charge in [0.1, 0.15) is 0 Å². The largest absolute Gasteiger partial charge is 0.390 e. The lowest BCUT2D eigenvalue weighted by Crippen LogP contribution is -2.39. The molecule has 1 aliphatic rings. The SMILES string of the molecule is CS(=O)(=O)c1ccccc1NCC(O)CN1CCc2ccccc2C1. The monoisotopic (exact) mass is 360 g/mol. The van der Waals surface area contributed by atoms with Crippen molar-refractivity contribution in [1.82, 2.24) is 4.90 Å². The fourth-order valence-electron chi connectivity index (χ4n) is 3.24. The molecule has 1 heterocycles. The lowest BCUT2D eigenvalue weighted by atomic mass is 10.00. The number of hydrogen-bond donors (Lipinski definition) is 2. The van der Waals surface area contributed by atoms with E-state index in [2.05, 4.69) is 28.4 Å². The summed E-state index contributed by atoms with van der Waals surface area (Å²) < 4.78 is 23.6. The van der Waals surface area contributed by atoms with Gasteiger partial charge in [0.05, 0.1) is 16.7 Å². The van der Waals surface area contributed by atoms with Gasteiger partial charge >= 0.3 is 0 Å². The number of nitrogens with zero attached hydrogens (tertiary/aromatic N) is 1. The normalized spacial score (nSPS) is 16.2. The van der Waals surface area contributed by atoms with Gasteiger partial charge in [-0.3, -0.25) is 4.90 Å². The Hall–Kier alpha value is -1.89. The highest BCUT2D eigenvalue weighted by molar-refractivity contribution is 7.90. The van der Waals surface area contributed by atoms with Gasteiger partial charge in [-0.2, -0.15) is 0 Å². The van der Waals surface area contributed by atoms with Crippen LogP contribution in [0, 0.1) is 0 Å². The van der Waals surface area contributed by atoms with Crippen LogP contribution in [-0.2, 0) is 22.8 Å². The van der Waals surface area contributed by atoms with Crippen LogP contribution in [0.2, 0.25) is 0 Å². The van der Waals surface area contributed by atoms with Crippen LogP contribution >= 0.6 is 0 Å². The number of anilines is 1. The number of sulfone groups is 1. The van der Waals surface area contributed by atoms with Gasteiger partial charge < -0.3 is 10.4 Å². The highest BCUT2D eigenvalue weighted by atomic mass is 32.2. The second-order valence-electron chi connectivity index (χ2n) is 6.56. The summed E-state index contributed by atoms with van der Waals surface area (Å²) in [5, 5.41) is 13.4. The number of nitrogens with one attached hydrogen (secondary N) is 1. The zero-order valence-electron chi connectivity index (χ0n) is 14.4.